The SMILES string of the molecule is COc1cc(OSC(F)(F)F)c(Cl)c2c1C(=O)[C@@]1(CCC(=O)C=C1O)O2. The lowest BCUT2D eigenvalue weighted by Crippen LogP contribution is -2.45. The first-order chi connectivity index (χ1) is 12.1. The summed E-state index contributed by atoms with van der Waals surface area (Å²) >= 11 is 5.26. The van der Waals surface area contributed by atoms with E-state index in [1.807, 2.05) is 0 Å². The van der Waals surface area contributed by atoms with Crippen LogP contribution in [-0.4, -0.2) is 34.9 Å². The highest BCUT2D eigenvalue weighted by molar-refractivity contribution is 7.95. The lowest BCUT2D eigenvalue weighted by atomic mass is 9.83. The van der Waals surface area contributed by atoms with Crippen LogP contribution in [0.2, 0.25) is 5.02 Å². The summed E-state index contributed by atoms with van der Waals surface area (Å²) in [7, 11) is 1.20. The number of fused-ring (bicyclic) bond motifs is 1. The number of alkyl halides is 3. The minimum atomic E-state index is -4.68. The van der Waals surface area contributed by atoms with Crippen molar-refractivity contribution in [2.24, 2.45) is 0 Å². The number of benzene rings is 1. The van der Waals surface area contributed by atoms with Gasteiger partial charge in [0.15, 0.2) is 29.3 Å². The Kier molecular flexibility index (Phi) is 4.51. The van der Waals surface area contributed by atoms with E-state index in [1.54, 1.807) is 0 Å². The molecule has 1 aliphatic heterocycles. The van der Waals surface area contributed by atoms with Crippen molar-refractivity contribution in [3.8, 4) is 17.2 Å². The molecule has 6 nitrogen and oxygen atoms in total. The number of hydrogen-bond donors (Lipinski definition) is 1. The van der Waals surface area contributed by atoms with Crippen LogP contribution in [0.15, 0.2) is 17.9 Å². The van der Waals surface area contributed by atoms with Gasteiger partial charge in [0.25, 0.3) is 0 Å². The Hall–Kier alpha value is -2.07. The Morgan fingerprint density at radius 1 is 1.35 bits per heavy atom. The summed E-state index contributed by atoms with van der Waals surface area (Å²) in [6.07, 6.45) is 0.677. The Morgan fingerprint density at radius 2 is 2.04 bits per heavy atom. The van der Waals surface area contributed by atoms with Gasteiger partial charge in [0.1, 0.15) is 22.1 Å². The summed E-state index contributed by atoms with van der Waals surface area (Å²) < 4.78 is 52.3. The maximum absolute atomic E-state index is 12.8. The highest BCUT2D eigenvalue weighted by atomic mass is 35.5. The number of Topliss-reactive ketones (excluding diaryl/α,β-unsaturated/α-hetero) is 1. The van der Waals surface area contributed by atoms with Crippen molar-refractivity contribution < 1.29 is 41.5 Å². The first kappa shape index (κ1) is 18.7. The summed E-state index contributed by atoms with van der Waals surface area (Å²) in [5.74, 6) is -2.52. The zero-order chi connectivity index (χ0) is 19.3. The van der Waals surface area contributed by atoms with Crippen LogP contribution in [0.3, 0.4) is 0 Å². The van der Waals surface area contributed by atoms with Crippen LogP contribution in [0.25, 0.3) is 0 Å². The molecule has 26 heavy (non-hydrogen) atoms. The zero-order valence-electron chi connectivity index (χ0n) is 13.0. The van der Waals surface area contributed by atoms with Gasteiger partial charge in [-0.15, -0.1) is 0 Å². The average Bonchev–Trinajstić information content (AvgIpc) is 2.85. The van der Waals surface area contributed by atoms with Gasteiger partial charge in [0.05, 0.1) is 7.11 Å². The third-order valence-electron chi connectivity index (χ3n) is 3.90. The monoisotopic (exact) mass is 410 g/mol. The molecule has 11 heteroatoms. The number of halogens is 4. The molecule has 1 aromatic carbocycles. The molecule has 0 bridgehead atoms. The molecule has 0 amide bonds. The van der Waals surface area contributed by atoms with Gasteiger partial charge in [-0.2, -0.15) is 13.2 Å². The molecular formula is C15H10ClF3O6S. The third-order valence-corrected chi connectivity index (χ3v) is 4.71. The molecule has 1 N–H and O–H groups in total. The second kappa shape index (κ2) is 6.27. The number of aliphatic hydroxyl groups excluding tert-OH is 1. The van der Waals surface area contributed by atoms with Crippen molar-refractivity contribution in [1.82, 2.24) is 0 Å². The maximum atomic E-state index is 12.8. The summed E-state index contributed by atoms with van der Waals surface area (Å²) in [4.78, 5) is 24.3. The number of carbonyl (C=O) groups is 2. The molecule has 0 unspecified atom stereocenters. The molecule has 1 aromatic rings. The Morgan fingerprint density at radius 3 is 2.62 bits per heavy atom. The van der Waals surface area contributed by atoms with Crippen LogP contribution in [0, 0.1) is 0 Å². The summed E-state index contributed by atoms with van der Waals surface area (Å²) in [6.45, 7) is 0. The quantitative estimate of drug-likeness (QED) is 0.754. The van der Waals surface area contributed by atoms with E-state index in [2.05, 4.69) is 4.18 Å². The number of carbonyl (C=O) groups excluding carboxylic acids is 2. The van der Waals surface area contributed by atoms with Crippen molar-refractivity contribution in [3.05, 3.63) is 28.5 Å². The van der Waals surface area contributed by atoms with Crippen molar-refractivity contribution in [2.45, 2.75) is 24.0 Å². The average molecular weight is 411 g/mol. The number of methoxy groups -OCH3 is 1. The van der Waals surface area contributed by atoms with Crippen molar-refractivity contribution in [1.29, 1.82) is 0 Å². The molecule has 0 aromatic heterocycles. The molecule has 1 spiro atoms. The van der Waals surface area contributed by atoms with E-state index in [1.165, 1.54) is 7.11 Å². The topological polar surface area (TPSA) is 82.1 Å². The molecule has 140 valence electrons. The molecule has 0 saturated carbocycles. The van der Waals surface area contributed by atoms with E-state index in [4.69, 9.17) is 21.1 Å². The second-order valence-corrected chi connectivity index (χ2v) is 6.64. The predicted octanol–water partition coefficient (Wildman–Crippen LogP) is 4.01. The van der Waals surface area contributed by atoms with Gasteiger partial charge in [-0.3, -0.25) is 9.59 Å². The third kappa shape index (κ3) is 2.96. The lowest BCUT2D eigenvalue weighted by Gasteiger charge is -2.28. The van der Waals surface area contributed by atoms with Gasteiger partial charge < -0.3 is 18.8 Å². The first-order valence-corrected chi connectivity index (χ1v) is 8.21. The minimum absolute atomic E-state index is 0.0585. The summed E-state index contributed by atoms with van der Waals surface area (Å²) in [6, 6.07) is 1.02. The van der Waals surface area contributed by atoms with E-state index in [9.17, 15) is 27.9 Å². The molecule has 1 atom stereocenters. The fourth-order valence-electron chi connectivity index (χ4n) is 2.74. The lowest BCUT2D eigenvalue weighted by molar-refractivity contribution is -0.116. The van der Waals surface area contributed by atoms with Gasteiger partial charge in [0.2, 0.25) is 11.4 Å². The number of rotatable bonds is 3. The summed E-state index contributed by atoms with van der Waals surface area (Å²) in [5.41, 5.74) is -6.68. The normalized spacial score (nSPS) is 22.1. The Bertz CT molecular complexity index is 838. The zero-order valence-corrected chi connectivity index (χ0v) is 14.5. The number of aliphatic hydroxyl groups is 1. The van der Waals surface area contributed by atoms with Crippen LogP contribution >= 0.6 is 23.6 Å². The van der Waals surface area contributed by atoms with Gasteiger partial charge in [-0.1, -0.05) is 11.6 Å². The van der Waals surface area contributed by atoms with Crippen molar-refractivity contribution in [3.63, 3.8) is 0 Å². The second-order valence-electron chi connectivity index (χ2n) is 5.46. The molecule has 0 saturated heterocycles. The fourth-order valence-corrected chi connectivity index (χ4v) is 3.32. The van der Waals surface area contributed by atoms with Crippen LogP contribution in [0.4, 0.5) is 13.2 Å². The van der Waals surface area contributed by atoms with Crippen LogP contribution < -0.4 is 13.7 Å². The molecule has 1 aliphatic carbocycles. The number of hydrogen-bond acceptors (Lipinski definition) is 7. The van der Waals surface area contributed by atoms with Gasteiger partial charge in [-0.25, -0.2) is 0 Å². The van der Waals surface area contributed by atoms with E-state index >= 15 is 0 Å². The van der Waals surface area contributed by atoms with E-state index < -0.39 is 40.4 Å². The fraction of sp³-hybridized carbons (Fsp3) is 0.333. The smallest absolute Gasteiger partial charge is 0.479 e. The predicted molar refractivity (Wildman–Crippen MR) is 84.9 cm³/mol. The number of ketones is 2. The van der Waals surface area contributed by atoms with Crippen molar-refractivity contribution >= 4 is 35.2 Å². The molecular weight excluding hydrogens is 401 g/mol. The molecule has 0 fully saturated rings. The molecule has 1 heterocycles. The van der Waals surface area contributed by atoms with Gasteiger partial charge in [0, 0.05) is 25.0 Å². The first-order valence-electron chi connectivity index (χ1n) is 7.10. The largest absolute Gasteiger partial charge is 0.507 e. The summed E-state index contributed by atoms with van der Waals surface area (Å²) in [5, 5.41) is 9.75. The molecule has 2 aliphatic rings. The Labute approximate surface area is 154 Å². The number of ether oxygens (including phenoxy) is 2. The van der Waals surface area contributed by atoms with Gasteiger partial charge in [-0.05, 0) is 0 Å². The van der Waals surface area contributed by atoms with E-state index in [-0.39, 0.29) is 40.7 Å². The minimum Gasteiger partial charge on any atom is -0.507 e. The van der Waals surface area contributed by atoms with Crippen LogP contribution in [-0.2, 0) is 4.79 Å². The van der Waals surface area contributed by atoms with E-state index in [0.29, 0.717) is 0 Å². The highest BCUT2D eigenvalue weighted by Gasteiger charge is 2.55. The molecule has 0 radical (unpaired) electrons. The van der Waals surface area contributed by atoms with Crippen molar-refractivity contribution in [2.75, 3.05) is 7.11 Å². The highest BCUT2D eigenvalue weighted by Crippen LogP contribution is 2.53. The maximum Gasteiger partial charge on any atom is 0.479 e. The van der Waals surface area contributed by atoms with Crippen LogP contribution in [0.1, 0.15) is 23.2 Å². The number of allylic oxidation sites excluding steroid dienone is 1. The Balaban J connectivity index is 2.08. The van der Waals surface area contributed by atoms with Gasteiger partial charge >= 0.3 is 5.51 Å². The molecule has 3 rings (SSSR count). The standard InChI is InChI=1S/C15H10ClF3O6S/c1-23-7-5-8(25-26-15(17,18)19)11(16)12-10(7)13(22)14(24-12)3-2-6(20)4-9(14)21/h4-5,21H,2-3H2,1H3/t14-/m0/s1. The van der Waals surface area contributed by atoms with Crippen LogP contribution in [0.5, 0.6) is 17.2 Å². The van der Waals surface area contributed by atoms with E-state index in [0.717, 1.165) is 12.1 Å².